The highest BCUT2D eigenvalue weighted by atomic mass is 16.5. The van der Waals surface area contributed by atoms with Crippen LogP contribution in [0.15, 0.2) is 55.1 Å². The van der Waals surface area contributed by atoms with Crippen LogP contribution in [0.25, 0.3) is 0 Å². The molecule has 0 aromatic heterocycles. The van der Waals surface area contributed by atoms with Gasteiger partial charge in [-0.05, 0) is 61.2 Å². The molecule has 2 aromatic carbocycles. The third kappa shape index (κ3) is 6.09. The van der Waals surface area contributed by atoms with Crippen molar-refractivity contribution >= 4 is 5.91 Å². The Labute approximate surface area is 173 Å². The molecule has 1 amide bonds. The standard InChI is InChI=1S/C24H30N2O3/c1-3-8-19-11-12-22(23(15-19)28-2)29-18-24(27)25-16-20-9-4-5-10-21(20)17-26-13-6-7-14-26/h3-5,9-12,15H,1,6-8,13-14,16-18H2,2H3,(H,25,27). The first kappa shape index (κ1) is 20.9. The van der Waals surface area contributed by atoms with Crippen LogP contribution in [-0.4, -0.2) is 37.6 Å². The maximum atomic E-state index is 12.3. The minimum Gasteiger partial charge on any atom is -0.493 e. The summed E-state index contributed by atoms with van der Waals surface area (Å²) in [5, 5.41) is 2.97. The quantitative estimate of drug-likeness (QED) is 0.624. The van der Waals surface area contributed by atoms with Crippen molar-refractivity contribution in [3.8, 4) is 11.5 Å². The van der Waals surface area contributed by atoms with Gasteiger partial charge in [0.1, 0.15) is 0 Å². The van der Waals surface area contributed by atoms with Crippen molar-refractivity contribution < 1.29 is 14.3 Å². The smallest absolute Gasteiger partial charge is 0.258 e. The van der Waals surface area contributed by atoms with Crippen molar-refractivity contribution in [2.45, 2.75) is 32.4 Å². The number of amides is 1. The monoisotopic (exact) mass is 394 g/mol. The van der Waals surface area contributed by atoms with E-state index in [1.807, 2.05) is 30.3 Å². The van der Waals surface area contributed by atoms with Crippen molar-refractivity contribution in [2.75, 3.05) is 26.8 Å². The summed E-state index contributed by atoms with van der Waals surface area (Å²) in [6.07, 6.45) is 5.14. The Hall–Kier alpha value is -2.79. The van der Waals surface area contributed by atoms with Crippen molar-refractivity contribution in [2.24, 2.45) is 0 Å². The Morgan fingerprint density at radius 1 is 1.14 bits per heavy atom. The molecule has 3 rings (SSSR count). The summed E-state index contributed by atoms with van der Waals surface area (Å²) in [5.41, 5.74) is 3.51. The van der Waals surface area contributed by atoms with E-state index in [1.165, 1.54) is 18.4 Å². The number of ether oxygens (including phenoxy) is 2. The van der Waals surface area contributed by atoms with Crippen LogP contribution in [0.1, 0.15) is 29.5 Å². The maximum Gasteiger partial charge on any atom is 0.258 e. The van der Waals surface area contributed by atoms with Crippen LogP contribution in [0.4, 0.5) is 0 Å². The Balaban J connectivity index is 1.52. The van der Waals surface area contributed by atoms with Crippen LogP contribution < -0.4 is 14.8 Å². The highest BCUT2D eigenvalue weighted by Gasteiger charge is 2.14. The zero-order valence-electron chi connectivity index (χ0n) is 17.2. The lowest BCUT2D eigenvalue weighted by molar-refractivity contribution is -0.123. The molecule has 0 spiro atoms. The molecular weight excluding hydrogens is 364 g/mol. The molecule has 1 aliphatic rings. The lowest BCUT2D eigenvalue weighted by Crippen LogP contribution is -2.29. The number of allylic oxidation sites excluding steroid dienone is 1. The fourth-order valence-electron chi connectivity index (χ4n) is 3.58. The van der Waals surface area contributed by atoms with Crippen LogP contribution in [0.2, 0.25) is 0 Å². The van der Waals surface area contributed by atoms with Gasteiger partial charge in [-0.15, -0.1) is 6.58 Å². The summed E-state index contributed by atoms with van der Waals surface area (Å²) < 4.78 is 11.1. The molecule has 0 aliphatic carbocycles. The zero-order chi connectivity index (χ0) is 20.5. The second kappa shape index (κ2) is 10.7. The van der Waals surface area contributed by atoms with E-state index in [9.17, 15) is 4.79 Å². The van der Waals surface area contributed by atoms with Gasteiger partial charge in [-0.3, -0.25) is 9.69 Å². The van der Waals surface area contributed by atoms with Gasteiger partial charge >= 0.3 is 0 Å². The molecule has 0 unspecified atom stereocenters. The fraction of sp³-hybridized carbons (Fsp3) is 0.375. The van der Waals surface area contributed by atoms with E-state index in [-0.39, 0.29) is 12.5 Å². The number of hydrogen-bond donors (Lipinski definition) is 1. The number of nitrogens with one attached hydrogen (secondary N) is 1. The number of carbonyl (C=O) groups excluding carboxylic acids is 1. The van der Waals surface area contributed by atoms with E-state index in [2.05, 4.69) is 35.0 Å². The zero-order valence-corrected chi connectivity index (χ0v) is 17.2. The highest BCUT2D eigenvalue weighted by molar-refractivity contribution is 5.77. The Bertz CT molecular complexity index is 829. The number of methoxy groups -OCH3 is 1. The van der Waals surface area contributed by atoms with Crippen molar-refractivity contribution in [3.63, 3.8) is 0 Å². The Kier molecular flexibility index (Phi) is 7.70. The van der Waals surface area contributed by atoms with Crippen molar-refractivity contribution in [1.82, 2.24) is 10.2 Å². The largest absolute Gasteiger partial charge is 0.493 e. The summed E-state index contributed by atoms with van der Waals surface area (Å²) in [5.74, 6) is 1.02. The summed E-state index contributed by atoms with van der Waals surface area (Å²) in [6, 6.07) is 14.0. The van der Waals surface area contributed by atoms with Gasteiger partial charge in [-0.25, -0.2) is 0 Å². The van der Waals surface area contributed by atoms with Gasteiger partial charge in [0, 0.05) is 13.1 Å². The van der Waals surface area contributed by atoms with Crippen LogP contribution in [0, 0.1) is 0 Å². The highest BCUT2D eigenvalue weighted by Crippen LogP contribution is 2.28. The number of hydrogen-bond acceptors (Lipinski definition) is 4. The van der Waals surface area contributed by atoms with Gasteiger partial charge in [0.15, 0.2) is 18.1 Å². The maximum absolute atomic E-state index is 12.3. The molecular formula is C24H30N2O3. The number of benzene rings is 2. The van der Waals surface area contributed by atoms with Gasteiger partial charge in [0.25, 0.3) is 5.91 Å². The lowest BCUT2D eigenvalue weighted by atomic mass is 10.1. The Morgan fingerprint density at radius 2 is 1.90 bits per heavy atom. The molecule has 5 nitrogen and oxygen atoms in total. The molecule has 1 heterocycles. The molecule has 1 N–H and O–H groups in total. The summed E-state index contributed by atoms with van der Waals surface area (Å²) >= 11 is 0. The molecule has 0 atom stereocenters. The van der Waals surface area contributed by atoms with Crippen LogP contribution in [0.5, 0.6) is 11.5 Å². The van der Waals surface area contributed by atoms with Gasteiger partial charge < -0.3 is 14.8 Å². The number of rotatable bonds is 10. The molecule has 1 fully saturated rings. The molecule has 1 saturated heterocycles. The number of nitrogens with zero attached hydrogens (tertiary/aromatic N) is 1. The van der Waals surface area contributed by atoms with E-state index < -0.39 is 0 Å². The lowest BCUT2D eigenvalue weighted by Gasteiger charge is -2.18. The molecule has 0 saturated carbocycles. The minimum absolute atomic E-state index is 0.0501. The van der Waals surface area contributed by atoms with Crippen LogP contribution in [0.3, 0.4) is 0 Å². The summed E-state index contributed by atoms with van der Waals surface area (Å²) in [4.78, 5) is 14.8. The summed E-state index contributed by atoms with van der Waals surface area (Å²) in [6.45, 7) is 7.45. The molecule has 2 aromatic rings. The SMILES string of the molecule is C=CCc1ccc(OCC(=O)NCc2ccccc2CN2CCCC2)c(OC)c1. The third-order valence-corrected chi connectivity index (χ3v) is 5.15. The van der Waals surface area contributed by atoms with Crippen molar-refractivity contribution in [1.29, 1.82) is 0 Å². The molecule has 0 radical (unpaired) electrons. The second-order valence-electron chi connectivity index (χ2n) is 7.30. The van der Waals surface area contributed by atoms with Crippen LogP contribution in [-0.2, 0) is 24.3 Å². The van der Waals surface area contributed by atoms with Gasteiger partial charge in [-0.1, -0.05) is 36.4 Å². The molecule has 0 bridgehead atoms. The number of carbonyl (C=O) groups is 1. The number of likely N-dealkylation sites (tertiary alicyclic amines) is 1. The molecule has 5 heteroatoms. The fourth-order valence-corrected chi connectivity index (χ4v) is 3.58. The third-order valence-electron chi connectivity index (χ3n) is 5.15. The summed E-state index contributed by atoms with van der Waals surface area (Å²) in [7, 11) is 1.59. The van der Waals surface area contributed by atoms with E-state index in [0.717, 1.165) is 37.2 Å². The topological polar surface area (TPSA) is 50.8 Å². The van der Waals surface area contributed by atoms with E-state index >= 15 is 0 Å². The van der Waals surface area contributed by atoms with E-state index in [0.29, 0.717) is 18.0 Å². The molecule has 1 aliphatic heterocycles. The van der Waals surface area contributed by atoms with Gasteiger partial charge in [-0.2, -0.15) is 0 Å². The van der Waals surface area contributed by atoms with Crippen molar-refractivity contribution in [3.05, 3.63) is 71.8 Å². The minimum atomic E-state index is -0.154. The van der Waals surface area contributed by atoms with Gasteiger partial charge in [0.2, 0.25) is 0 Å². The first-order chi connectivity index (χ1) is 14.2. The molecule has 154 valence electrons. The first-order valence-electron chi connectivity index (χ1n) is 10.2. The molecule has 29 heavy (non-hydrogen) atoms. The second-order valence-corrected chi connectivity index (χ2v) is 7.30. The first-order valence-corrected chi connectivity index (χ1v) is 10.2. The Morgan fingerprint density at radius 3 is 2.62 bits per heavy atom. The predicted molar refractivity (Wildman–Crippen MR) is 115 cm³/mol. The van der Waals surface area contributed by atoms with Gasteiger partial charge in [0.05, 0.1) is 7.11 Å². The van der Waals surface area contributed by atoms with E-state index in [1.54, 1.807) is 7.11 Å². The predicted octanol–water partition coefficient (Wildman–Crippen LogP) is 3.71. The van der Waals surface area contributed by atoms with Crippen LogP contribution >= 0.6 is 0 Å². The average Bonchev–Trinajstić information content (AvgIpc) is 3.25. The van der Waals surface area contributed by atoms with E-state index in [4.69, 9.17) is 9.47 Å². The average molecular weight is 395 g/mol. The normalized spacial score (nSPS) is 13.8.